The van der Waals surface area contributed by atoms with E-state index in [1.807, 2.05) is 17.1 Å². The average Bonchev–Trinajstić information content (AvgIpc) is 3.10. The van der Waals surface area contributed by atoms with Gasteiger partial charge in [0.1, 0.15) is 0 Å². The molecule has 0 amide bonds. The highest BCUT2D eigenvalue weighted by molar-refractivity contribution is 9.11. The molecule has 2 aromatic rings. The first-order chi connectivity index (χ1) is 9.29. The van der Waals surface area contributed by atoms with Crippen LogP contribution < -0.4 is 5.32 Å². The van der Waals surface area contributed by atoms with E-state index in [0.717, 1.165) is 31.8 Å². The smallest absolute Gasteiger partial charge is 0.0771 e. The summed E-state index contributed by atoms with van der Waals surface area (Å²) in [6.07, 6.45) is 6.57. The highest BCUT2D eigenvalue weighted by Gasteiger charge is 2.16. The molecular weight excluding hydrogens is 326 g/mol. The van der Waals surface area contributed by atoms with Crippen LogP contribution in [-0.2, 0) is 17.8 Å². The zero-order valence-electron chi connectivity index (χ0n) is 10.5. The van der Waals surface area contributed by atoms with Crippen LogP contribution in [0, 0.1) is 0 Å². The third-order valence-electron chi connectivity index (χ3n) is 3.14. The monoisotopic (exact) mass is 341 g/mol. The van der Waals surface area contributed by atoms with Crippen molar-refractivity contribution in [1.29, 1.82) is 0 Å². The molecule has 19 heavy (non-hydrogen) atoms. The maximum atomic E-state index is 5.61. The molecule has 102 valence electrons. The summed E-state index contributed by atoms with van der Waals surface area (Å²) < 4.78 is 8.74. The molecule has 0 saturated carbocycles. The number of nitrogens with one attached hydrogen (secondary N) is 1. The number of nitrogens with zero attached hydrogens (tertiary/aromatic N) is 2. The Bertz CT molecular complexity index is 533. The fraction of sp³-hybridized carbons (Fsp3) is 0.462. The van der Waals surface area contributed by atoms with Gasteiger partial charge in [-0.15, -0.1) is 11.3 Å². The van der Waals surface area contributed by atoms with E-state index in [4.69, 9.17) is 4.74 Å². The van der Waals surface area contributed by atoms with E-state index in [9.17, 15) is 0 Å². The Morgan fingerprint density at radius 3 is 3.21 bits per heavy atom. The minimum Gasteiger partial charge on any atom is -0.378 e. The van der Waals surface area contributed by atoms with Gasteiger partial charge in [-0.05, 0) is 40.9 Å². The second-order valence-corrected chi connectivity index (χ2v) is 7.19. The highest BCUT2D eigenvalue weighted by Crippen LogP contribution is 2.23. The zero-order chi connectivity index (χ0) is 13.1. The summed E-state index contributed by atoms with van der Waals surface area (Å²) in [6, 6.07) is 4.20. The van der Waals surface area contributed by atoms with Crippen LogP contribution in [0.3, 0.4) is 0 Å². The van der Waals surface area contributed by atoms with Crippen molar-refractivity contribution in [3.63, 3.8) is 0 Å². The molecule has 1 atom stereocenters. The summed E-state index contributed by atoms with van der Waals surface area (Å²) in [6.45, 7) is 2.58. The minimum absolute atomic E-state index is 0.334. The summed E-state index contributed by atoms with van der Waals surface area (Å²) in [7, 11) is 0. The van der Waals surface area contributed by atoms with E-state index in [-0.39, 0.29) is 0 Å². The summed E-state index contributed by atoms with van der Waals surface area (Å²) in [5.41, 5.74) is 1.06. The van der Waals surface area contributed by atoms with Crippen LogP contribution in [0.2, 0.25) is 0 Å². The van der Waals surface area contributed by atoms with Gasteiger partial charge < -0.3 is 10.1 Å². The molecule has 6 heteroatoms. The van der Waals surface area contributed by atoms with E-state index >= 15 is 0 Å². The second kappa shape index (κ2) is 6.07. The first-order valence-corrected chi connectivity index (χ1v) is 8.03. The Balaban J connectivity index is 1.52. The van der Waals surface area contributed by atoms with Crippen molar-refractivity contribution in [3.8, 4) is 0 Å². The number of hydrogen-bond donors (Lipinski definition) is 1. The topological polar surface area (TPSA) is 39.1 Å². The van der Waals surface area contributed by atoms with Crippen molar-refractivity contribution in [3.05, 3.63) is 33.2 Å². The van der Waals surface area contributed by atoms with Crippen molar-refractivity contribution in [2.75, 3.05) is 11.9 Å². The average molecular weight is 342 g/mol. The Hall–Kier alpha value is -0.850. The molecule has 0 aliphatic carbocycles. The third kappa shape index (κ3) is 3.58. The lowest BCUT2D eigenvalue weighted by Gasteiger charge is -2.08. The Kier molecular flexibility index (Phi) is 4.20. The van der Waals surface area contributed by atoms with Gasteiger partial charge in [0.25, 0.3) is 0 Å². The quantitative estimate of drug-likeness (QED) is 0.904. The molecule has 0 aromatic carbocycles. The van der Waals surface area contributed by atoms with E-state index in [0.29, 0.717) is 6.10 Å². The lowest BCUT2D eigenvalue weighted by Crippen LogP contribution is -2.15. The van der Waals surface area contributed by atoms with E-state index in [1.54, 1.807) is 11.3 Å². The number of aromatic nitrogens is 2. The van der Waals surface area contributed by atoms with Crippen molar-refractivity contribution >= 4 is 33.0 Å². The van der Waals surface area contributed by atoms with Crippen molar-refractivity contribution in [2.45, 2.75) is 32.0 Å². The second-order valence-electron chi connectivity index (χ2n) is 4.65. The molecule has 0 radical (unpaired) electrons. The maximum Gasteiger partial charge on any atom is 0.0771 e. The zero-order valence-corrected chi connectivity index (χ0v) is 12.9. The molecule has 1 N–H and O–H groups in total. The van der Waals surface area contributed by atoms with Gasteiger partial charge in [0.2, 0.25) is 0 Å². The first-order valence-electron chi connectivity index (χ1n) is 6.42. The Morgan fingerprint density at radius 2 is 2.47 bits per heavy atom. The lowest BCUT2D eigenvalue weighted by atomic mass is 10.2. The Morgan fingerprint density at radius 1 is 1.53 bits per heavy atom. The summed E-state index contributed by atoms with van der Waals surface area (Å²) >= 11 is 5.22. The molecule has 1 unspecified atom stereocenters. The molecule has 4 nitrogen and oxygen atoms in total. The lowest BCUT2D eigenvalue weighted by molar-refractivity contribution is 0.0940. The molecule has 3 heterocycles. The van der Waals surface area contributed by atoms with Crippen LogP contribution in [0.1, 0.15) is 17.7 Å². The summed E-state index contributed by atoms with van der Waals surface area (Å²) in [4.78, 5) is 1.30. The predicted molar refractivity (Wildman–Crippen MR) is 80.5 cm³/mol. The molecular formula is C13H16BrN3OS. The molecule has 1 aliphatic rings. The molecule has 1 fully saturated rings. The number of thiophene rings is 1. The van der Waals surface area contributed by atoms with Gasteiger partial charge in [-0.1, -0.05) is 0 Å². The number of anilines is 1. The number of halogens is 1. The van der Waals surface area contributed by atoms with Crippen molar-refractivity contribution in [1.82, 2.24) is 9.78 Å². The maximum absolute atomic E-state index is 5.61. The fourth-order valence-electron chi connectivity index (χ4n) is 2.19. The SMILES string of the molecule is Brc1ccc(CNc2cnn(CC3CCCO3)c2)s1. The molecule has 0 spiro atoms. The van der Waals surface area contributed by atoms with Crippen LogP contribution in [-0.4, -0.2) is 22.5 Å². The molecule has 3 rings (SSSR count). The largest absolute Gasteiger partial charge is 0.378 e. The summed E-state index contributed by atoms with van der Waals surface area (Å²) in [5.74, 6) is 0. The van der Waals surface area contributed by atoms with Crippen LogP contribution in [0.25, 0.3) is 0 Å². The normalized spacial score (nSPS) is 18.9. The Labute approximate surface area is 124 Å². The first kappa shape index (κ1) is 13.1. The number of ether oxygens (including phenoxy) is 1. The van der Waals surface area contributed by atoms with Gasteiger partial charge in [-0.25, -0.2) is 0 Å². The van der Waals surface area contributed by atoms with Crippen LogP contribution in [0.15, 0.2) is 28.3 Å². The standard InChI is InChI=1S/C13H16BrN3OS/c14-13-4-3-12(19-13)7-15-10-6-16-17(8-10)9-11-2-1-5-18-11/h3-4,6,8,11,15H,1-2,5,7,9H2. The molecule has 1 aliphatic heterocycles. The van der Waals surface area contributed by atoms with Crippen molar-refractivity contribution < 1.29 is 4.74 Å². The number of hydrogen-bond acceptors (Lipinski definition) is 4. The third-order valence-corrected chi connectivity index (χ3v) is 4.77. The minimum atomic E-state index is 0.334. The van der Waals surface area contributed by atoms with E-state index in [1.165, 1.54) is 15.1 Å². The van der Waals surface area contributed by atoms with Gasteiger partial charge >= 0.3 is 0 Å². The van der Waals surface area contributed by atoms with Crippen LogP contribution in [0.4, 0.5) is 5.69 Å². The van der Waals surface area contributed by atoms with Gasteiger partial charge in [0.05, 0.1) is 28.3 Å². The van der Waals surface area contributed by atoms with Gasteiger partial charge in [0.15, 0.2) is 0 Å². The van der Waals surface area contributed by atoms with Gasteiger partial charge in [-0.2, -0.15) is 5.10 Å². The van der Waals surface area contributed by atoms with E-state index in [2.05, 4.69) is 38.5 Å². The van der Waals surface area contributed by atoms with Crippen molar-refractivity contribution in [2.24, 2.45) is 0 Å². The van der Waals surface area contributed by atoms with E-state index < -0.39 is 0 Å². The summed E-state index contributed by atoms with van der Waals surface area (Å²) in [5, 5.41) is 7.75. The van der Waals surface area contributed by atoms with Gasteiger partial charge in [-0.3, -0.25) is 4.68 Å². The molecule has 1 saturated heterocycles. The predicted octanol–water partition coefficient (Wildman–Crippen LogP) is 3.50. The number of rotatable bonds is 5. The molecule has 2 aromatic heterocycles. The van der Waals surface area contributed by atoms with Crippen LogP contribution >= 0.6 is 27.3 Å². The van der Waals surface area contributed by atoms with Crippen LogP contribution in [0.5, 0.6) is 0 Å². The highest BCUT2D eigenvalue weighted by atomic mass is 79.9. The molecule has 0 bridgehead atoms. The fourth-order valence-corrected chi connectivity index (χ4v) is 3.61. The van der Waals surface area contributed by atoms with Gasteiger partial charge in [0, 0.05) is 24.2 Å².